The molecule has 1 amide bonds. The van der Waals surface area contributed by atoms with Gasteiger partial charge in [0.2, 0.25) is 0 Å². The fourth-order valence-corrected chi connectivity index (χ4v) is 2.34. The van der Waals surface area contributed by atoms with Gasteiger partial charge < -0.3 is 14.8 Å². The lowest BCUT2D eigenvalue weighted by atomic mass is 10.1. The van der Waals surface area contributed by atoms with E-state index in [0.29, 0.717) is 23.9 Å². The van der Waals surface area contributed by atoms with Crippen LogP contribution in [0.1, 0.15) is 25.8 Å². The number of esters is 1. The highest BCUT2D eigenvalue weighted by molar-refractivity contribution is 6.30. The summed E-state index contributed by atoms with van der Waals surface area (Å²) in [5.74, 6) is 0.182. The zero-order valence-corrected chi connectivity index (χ0v) is 15.5. The summed E-state index contributed by atoms with van der Waals surface area (Å²) in [5, 5.41) is 3.04. The molecule has 1 N–H and O–H groups in total. The molecule has 1 heterocycles. The van der Waals surface area contributed by atoms with Gasteiger partial charge in [0.1, 0.15) is 11.6 Å². The second-order valence-corrected chi connectivity index (χ2v) is 5.96. The van der Waals surface area contributed by atoms with Gasteiger partial charge in [-0.3, -0.25) is 9.59 Å². The maximum Gasteiger partial charge on any atom is 0.306 e. The predicted molar refractivity (Wildman–Crippen MR) is 99.4 cm³/mol. The first-order chi connectivity index (χ1) is 12.5. The SMILES string of the molecule is CCOc1ccccc1CCC(=O)O[C@@H](C)C(=O)Nc1ccc(Cl)cn1. The number of para-hydroxylation sites is 1. The van der Waals surface area contributed by atoms with Gasteiger partial charge in [-0.1, -0.05) is 29.8 Å². The lowest BCUT2D eigenvalue weighted by Crippen LogP contribution is -2.30. The fraction of sp³-hybridized carbons (Fsp3) is 0.316. The summed E-state index contributed by atoms with van der Waals surface area (Å²) in [4.78, 5) is 28.1. The van der Waals surface area contributed by atoms with E-state index in [9.17, 15) is 9.59 Å². The molecular weight excluding hydrogens is 356 g/mol. The molecule has 2 rings (SSSR count). The Balaban J connectivity index is 1.83. The molecule has 2 aromatic rings. The minimum atomic E-state index is -0.929. The van der Waals surface area contributed by atoms with E-state index in [4.69, 9.17) is 21.1 Å². The monoisotopic (exact) mass is 376 g/mol. The predicted octanol–water partition coefficient (Wildman–Crippen LogP) is 3.64. The van der Waals surface area contributed by atoms with E-state index in [1.54, 1.807) is 12.1 Å². The summed E-state index contributed by atoms with van der Waals surface area (Å²) in [7, 11) is 0. The number of hydrogen-bond donors (Lipinski definition) is 1. The van der Waals surface area contributed by atoms with Crippen LogP contribution < -0.4 is 10.1 Å². The molecule has 6 nitrogen and oxygen atoms in total. The number of ether oxygens (including phenoxy) is 2. The summed E-state index contributed by atoms with van der Waals surface area (Å²) in [6, 6.07) is 10.7. The Morgan fingerprint density at radius 1 is 1.23 bits per heavy atom. The Morgan fingerprint density at radius 2 is 2.00 bits per heavy atom. The zero-order chi connectivity index (χ0) is 18.9. The molecule has 1 aromatic heterocycles. The van der Waals surface area contributed by atoms with Crippen molar-refractivity contribution in [2.45, 2.75) is 32.8 Å². The molecule has 7 heteroatoms. The number of aryl methyl sites for hydroxylation is 1. The molecule has 0 spiro atoms. The van der Waals surface area contributed by atoms with Crippen LogP contribution in [0, 0.1) is 0 Å². The van der Waals surface area contributed by atoms with Gasteiger partial charge in [0, 0.05) is 12.6 Å². The van der Waals surface area contributed by atoms with E-state index < -0.39 is 18.0 Å². The Morgan fingerprint density at radius 3 is 2.69 bits per heavy atom. The van der Waals surface area contributed by atoms with E-state index in [0.717, 1.165) is 11.3 Å². The summed E-state index contributed by atoms with van der Waals surface area (Å²) in [6.07, 6.45) is 1.12. The van der Waals surface area contributed by atoms with Gasteiger partial charge >= 0.3 is 5.97 Å². The molecule has 0 saturated heterocycles. The van der Waals surface area contributed by atoms with Crippen LogP contribution in [0.25, 0.3) is 0 Å². The maximum atomic E-state index is 12.1. The Kier molecular flexibility index (Phi) is 7.41. The van der Waals surface area contributed by atoms with Gasteiger partial charge in [-0.05, 0) is 44.0 Å². The first-order valence-corrected chi connectivity index (χ1v) is 8.70. The third kappa shape index (κ3) is 6.04. The third-order valence-electron chi connectivity index (χ3n) is 3.53. The number of aromatic nitrogens is 1. The minimum Gasteiger partial charge on any atom is -0.494 e. The zero-order valence-electron chi connectivity index (χ0n) is 14.7. The highest BCUT2D eigenvalue weighted by Crippen LogP contribution is 2.20. The van der Waals surface area contributed by atoms with Gasteiger partial charge in [0.15, 0.2) is 6.10 Å². The molecule has 0 aliphatic rings. The molecule has 0 radical (unpaired) electrons. The molecule has 0 unspecified atom stereocenters. The second-order valence-electron chi connectivity index (χ2n) is 5.52. The van der Waals surface area contributed by atoms with Gasteiger partial charge in [-0.15, -0.1) is 0 Å². The molecule has 0 aliphatic carbocycles. The van der Waals surface area contributed by atoms with Crippen LogP contribution in [0.4, 0.5) is 5.82 Å². The molecule has 0 fully saturated rings. The molecular formula is C19H21ClN2O4. The first-order valence-electron chi connectivity index (χ1n) is 8.32. The van der Waals surface area contributed by atoms with Crippen LogP contribution in [0.3, 0.4) is 0 Å². The average Bonchev–Trinajstić information content (AvgIpc) is 2.63. The molecule has 138 valence electrons. The molecule has 1 atom stereocenters. The van der Waals surface area contributed by atoms with E-state index >= 15 is 0 Å². The highest BCUT2D eigenvalue weighted by Gasteiger charge is 2.18. The van der Waals surface area contributed by atoms with Gasteiger partial charge in [0.25, 0.3) is 5.91 Å². The number of carbonyl (C=O) groups excluding carboxylic acids is 2. The topological polar surface area (TPSA) is 77.5 Å². The quantitative estimate of drug-likeness (QED) is 0.712. The van der Waals surface area contributed by atoms with Crippen LogP contribution in [0.5, 0.6) is 5.75 Å². The average molecular weight is 377 g/mol. The largest absolute Gasteiger partial charge is 0.494 e. The van der Waals surface area contributed by atoms with Crippen LogP contribution >= 0.6 is 11.6 Å². The number of halogens is 1. The first kappa shape index (κ1) is 19.7. The Labute approximate surface area is 157 Å². The van der Waals surface area contributed by atoms with Gasteiger partial charge in [0.05, 0.1) is 11.6 Å². The number of nitrogens with one attached hydrogen (secondary N) is 1. The van der Waals surface area contributed by atoms with E-state index in [-0.39, 0.29) is 6.42 Å². The summed E-state index contributed by atoms with van der Waals surface area (Å²) >= 11 is 5.74. The lowest BCUT2D eigenvalue weighted by Gasteiger charge is -2.14. The lowest BCUT2D eigenvalue weighted by molar-refractivity contribution is -0.153. The summed E-state index contributed by atoms with van der Waals surface area (Å²) in [6.45, 7) is 3.97. The van der Waals surface area contributed by atoms with Crippen molar-refractivity contribution in [3.05, 3.63) is 53.2 Å². The van der Waals surface area contributed by atoms with Crippen LogP contribution in [0.2, 0.25) is 5.02 Å². The molecule has 26 heavy (non-hydrogen) atoms. The van der Waals surface area contributed by atoms with Crippen molar-refractivity contribution >= 4 is 29.3 Å². The number of pyridine rings is 1. The van der Waals surface area contributed by atoms with E-state index in [1.165, 1.54) is 13.1 Å². The van der Waals surface area contributed by atoms with Crippen molar-refractivity contribution in [1.82, 2.24) is 4.98 Å². The van der Waals surface area contributed by atoms with Crippen molar-refractivity contribution in [3.8, 4) is 5.75 Å². The molecule has 0 saturated carbocycles. The number of amides is 1. The standard InChI is InChI=1S/C19H21ClN2O4/c1-3-25-16-7-5-4-6-14(16)8-11-18(23)26-13(2)19(24)22-17-10-9-15(20)12-21-17/h4-7,9-10,12-13H,3,8,11H2,1-2H3,(H,21,22,24)/t13-/m0/s1. The smallest absolute Gasteiger partial charge is 0.306 e. The second kappa shape index (κ2) is 9.77. The van der Waals surface area contributed by atoms with Crippen LogP contribution in [-0.4, -0.2) is 29.6 Å². The van der Waals surface area contributed by atoms with Crippen molar-refractivity contribution < 1.29 is 19.1 Å². The number of anilines is 1. The third-order valence-corrected chi connectivity index (χ3v) is 3.75. The Bertz CT molecular complexity index is 749. The van der Waals surface area contributed by atoms with E-state index in [1.807, 2.05) is 31.2 Å². The van der Waals surface area contributed by atoms with Crippen LogP contribution in [0.15, 0.2) is 42.6 Å². The van der Waals surface area contributed by atoms with Crippen LogP contribution in [-0.2, 0) is 20.7 Å². The van der Waals surface area contributed by atoms with Crippen molar-refractivity contribution in [2.75, 3.05) is 11.9 Å². The minimum absolute atomic E-state index is 0.154. The summed E-state index contributed by atoms with van der Waals surface area (Å²) < 4.78 is 10.7. The normalized spacial score (nSPS) is 11.5. The number of benzene rings is 1. The number of rotatable bonds is 8. The Hall–Kier alpha value is -2.60. The number of carbonyl (C=O) groups is 2. The van der Waals surface area contributed by atoms with Crippen molar-refractivity contribution in [1.29, 1.82) is 0 Å². The maximum absolute atomic E-state index is 12.1. The molecule has 1 aromatic carbocycles. The molecule has 0 aliphatic heterocycles. The number of nitrogens with zero attached hydrogens (tertiary/aromatic N) is 1. The number of hydrogen-bond acceptors (Lipinski definition) is 5. The molecule has 0 bridgehead atoms. The van der Waals surface area contributed by atoms with E-state index in [2.05, 4.69) is 10.3 Å². The summed E-state index contributed by atoms with van der Waals surface area (Å²) in [5.41, 5.74) is 0.925. The van der Waals surface area contributed by atoms with Gasteiger partial charge in [-0.25, -0.2) is 4.98 Å². The van der Waals surface area contributed by atoms with Crippen molar-refractivity contribution in [2.24, 2.45) is 0 Å². The fourth-order valence-electron chi connectivity index (χ4n) is 2.23. The highest BCUT2D eigenvalue weighted by atomic mass is 35.5. The van der Waals surface area contributed by atoms with Gasteiger partial charge in [-0.2, -0.15) is 0 Å². The van der Waals surface area contributed by atoms with Crippen molar-refractivity contribution in [3.63, 3.8) is 0 Å².